The van der Waals surface area contributed by atoms with Gasteiger partial charge in [0.05, 0.1) is 5.52 Å². The highest BCUT2D eigenvalue weighted by Crippen LogP contribution is 2.26. The van der Waals surface area contributed by atoms with Gasteiger partial charge in [0, 0.05) is 17.4 Å². The molecule has 118 valence electrons. The number of primary amides is 1. The Labute approximate surface area is 138 Å². The summed E-state index contributed by atoms with van der Waals surface area (Å²) in [6.45, 7) is 0. The van der Waals surface area contributed by atoms with Crippen LogP contribution in [0, 0.1) is 0 Å². The molecule has 1 atom stereocenters. The summed E-state index contributed by atoms with van der Waals surface area (Å²) in [5, 5.41) is 4.19. The number of fused-ring (bicyclic) bond motifs is 1. The Hall–Kier alpha value is -3.28. The highest BCUT2D eigenvalue weighted by Gasteiger charge is 2.25. The number of amides is 1. The van der Waals surface area contributed by atoms with Crippen molar-refractivity contribution in [3.63, 3.8) is 0 Å². The molecule has 24 heavy (non-hydrogen) atoms. The van der Waals surface area contributed by atoms with Crippen molar-refractivity contribution in [2.45, 2.75) is 12.6 Å². The van der Waals surface area contributed by atoms with E-state index in [1.165, 1.54) is 0 Å². The smallest absolute Gasteiger partial charge is 0.262 e. The summed E-state index contributed by atoms with van der Waals surface area (Å²) in [5.74, 6) is 0.887. The number of hydrogen-bond donors (Lipinski definition) is 2. The number of para-hydroxylation sites is 1. The largest absolute Gasteiger partial charge is 0.365 e. The van der Waals surface area contributed by atoms with E-state index in [4.69, 9.17) is 5.73 Å². The maximum absolute atomic E-state index is 11.1. The van der Waals surface area contributed by atoms with E-state index in [1.807, 2.05) is 54.6 Å². The number of nitrogens with zero attached hydrogens (tertiary/aromatic N) is 3. The van der Waals surface area contributed by atoms with Crippen LogP contribution in [0.15, 0.2) is 59.6 Å². The highest BCUT2D eigenvalue weighted by molar-refractivity contribution is 6.40. The average Bonchev–Trinajstić information content (AvgIpc) is 2.57. The average molecular weight is 317 g/mol. The molecule has 6 heteroatoms. The number of rotatable bonds is 4. The van der Waals surface area contributed by atoms with Gasteiger partial charge in [0.25, 0.3) is 5.91 Å². The van der Waals surface area contributed by atoms with Crippen LogP contribution in [-0.4, -0.2) is 27.8 Å². The van der Waals surface area contributed by atoms with Crippen LogP contribution < -0.4 is 11.1 Å². The summed E-state index contributed by atoms with van der Waals surface area (Å²) in [6, 6.07) is 17.6. The van der Waals surface area contributed by atoms with Gasteiger partial charge in [-0.15, -0.1) is 0 Å². The molecule has 0 aliphatic carbocycles. The van der Waals surface area contributed by atoms with Crippen LogP contribution >= 0.6 is 0 Å². The predicted molar refractivity (Wildman–Crippen MR) is 93.6 cm³/mol. The molecule has 0 radical (unpaired) electrons. The topological polar surface area (TPSA) is 93.3 Å². The predicted octanol–water partition coefficient (Wildman–Crippen LogP) is 2.36. The minimum Gasteiger partial charge on any atom is -0.365 e. The summed E-state index contributed by atoms with van der Waals surface area (Å²) in [6.07, 6.45) is 0.323. The van der Waals surface area contributed by atoms with Crippen molar-refractivity contribution < 1.29 is 4.79 Å². The van der Waals surface area contributed by atoms with Crippen LogP contribution in [0.25, 0.3) is 22.3 Å². The monoisotopic (exact) mass is 317 g/mol. The molecule has 0 bridgehead atoms. The number of anilines is 1. The molecule has 4 rings (SSSR count). The molecule has 3 N–H and O–H groups in total. The van der Waals surface area contributed by atoms with Crippen LogP contribution in [0.1, 0.15) is 6.42 Å². The molecule has 1 aromatic heterocycles. The van der Waals surface area contributed by atoms with Gasteiger partial charge in [0.2, 0.25) is 0 Å². The van der Waals surface area contributed by atoms with E-state index in [2.05, 4.69) is 20.3 Å². The minimum absolute atomic E-state index is 0.186. The second-order valence-electron chi connectivity index (χ2n) is 5.58. The van der Waals surface area contributed by atoms with Gasteiger partial charge in [0.1, 0.15) is 17.7 Å². The van der Waals surface area contributed by atoms with Crippen molar-refractivity contribution in [2.24, 2.45) is 10.7 Å². The van der Waals surface area contributed by atoms with Crippen LogP contribution in [-0.2, 0) is 4.79 Å². The lowest BCUT2D eigenvalue weighted by molar-refractivity contribution is -0.112. The van der Waals surface area contributed by atoms with E-state index < -0.39 is 5.91 Å². The molecule has 3 aromatic rings. The first-order valence-corrected chi connectivity index (χ1v) is 7.66. The molecule has 0 saturated heterocycles. The van der Waals surface area contributed by atoms with Gasteiger partial charge in [-0.1, -0.05) is 42.5 Å². The molecule has 1 aliphatic rings. The Morgan fingerprint density at radius 3 is 2.50 bits per heavy atom. The summed E-state index contributed by atoms with van der Waals surface area (Å²) in [4.78, 5) is 24.6. The lowest BCUT2D eigenvalue weighted by atomic mass is 10.1. The lowest BCUT2D eigenvalue weighted by Crippen LogP contribution is -2.39. The van der Waals surface area contributed by atoms with Gasteiger partial charge < -0.3 is 11.1 Å². The van der Waals surface area contributed by atoms with Gasteiger partial charge in [-0.2, -0.15) is 0 Å². The van der Waals surface area contributed by atoms with Gasteiger partial charge in [-0.3, -0.25) is 9.79 Å². The van der Waals surface area contributed by atoms with Crippen LogP contribution in [0.4, 0.5) is 5.82 Å². The number of hydrogen-bond acceptors (Lipinski definition) is 5. The second-order valence-corrected chi connectivity index (χ2v) is 5.58. The number of nitrogens with one attached hydrogen (secondary N) is 1. The molecular weight excluding hydrogens is 302 g/mol. The Balaban J connectivity index is 1.75. The van der Waals surface area contributed by atoms with Gasteiger partial charge in [0.15, 0.2) is 5.82 Å². The van der Waals surface area contributed by atoms with E-state index in [0.29, 0.717) is 23.8 Å². The zero-order valence-electron chi connectivity index (χ0n) is 12.8. The molecule has 0 saturated carbocycles. The number of aliphatic imine (C=N–C) groups is 1. The molecule has 0 spiro atoms. The van der Waals surface area contributed by atoms with E-state index >= 15 is 0 Å². The normalized spacial score (nSPS) is 16.3. The zero-order valence-corrected chi connectivity index (χ0v) is 12.8. The van der Waals surface area contributed by atoms with Crippen LogP contribution in [0.3, 0.4) is 0 Å². The quantitative estimate of drug-likeness (QED) is 0.772. The molecule has 6 nitrogen and oxygen atoms in total. The molecule has 0 fully saturated rings. The van der Waals surface area contributed by atoms with E-state index in [1.54, 1.807) is 0 Å². The number of benzene rings is 2. The fraction of sp³-hybridized carbons (Fsp3) is 0.111. The first-order valence-electron chi connectivity index (χ1n) is 7.66. The third-order valence-corrected chi connectivity index (χ3v) is 3.92. The molecule has 1 amide bonds. The van der Waals surface area contributed by atoms with Crippen molar-refractivity contribution in [2.75, 3.05) is 5.32 Å². The van der Waals surface area contributed by atoms with Crippen LogP contribution in [0.2, 0.25) is 0 Å². The van der Waals surface area contributed by atoms with E-state index in [9.17, 15) is 4.79 Å². The van der Waals surface area contributed by atoms with Gasteiger partial charge >= 0.3 is 0 Å². The molecular formula is C18H15N5O. The molecule has 1 unspecified atom stereocenters. The van der Waals surface area contributed by atoms with Crippen molar-refractivity contribution in [3.05, 3.63) is 54.6 Å². The maximum Gasteiger partial charge on any atom is 0.262 e. The van der Waals surface area contributed by atoms with E-state index in [0.717, 1.165) is 16.5 Å². The lowest BCUT2D eigenvalue weighted by Gasteiger charge is -2.24. The van der Waals surface area contributed by atoms with E-state index in [-0.39, 0.29) is 6.17 Å². The van der Waals surface area contributed by atoms with Crippen molar-refractivity contribution >= 4 is 28.3 Å². The Morgan fingerprint density at radius 2 is 1.75 bits per heavy atom. The summed E-state index contributed by atoms with van der Waals surface area (Å²) < 4.78 is 0. The standard InChI is InChI=1S/C18H15N5O/c19-16(24)14-10-15(20-14)22-18-12-8-4-5-9-13(12)21-17(23-18)11-6-2-1-3-7-11/h1-9,15H,10H2,(H2,19,24)(H,21,22,23). The molecule has 2 aromatic carbocycles. The fourth-order valence-electron chi connectivity index (χ4n) is 2.67. The Morgan fingerprint density at radius 1 is 1.04 bits per heavy atom. The number of nitrogens with two attached hydrogens (primary N) is 1. The number of aromatic nitrogens is 2. The van der Waals surface area contributed by atoms with Crippen molar-refractivity contribution in [3.8, 4) is 11.4 Å². The Kier molecular flexibility index (Phi) is 3.42. The SMILES string of the molecule is NC(=O)C1=NC(Nc2nc(-c3ccccc3)nc3ccccc23)C1. The summed E-state index contributed by atoms with van der Waals surface area (Å²) >= 11 is 0. The highest BCUT2D eigenvalue weighted by atomic mass is 16.1. The third kappa shape index (κ3) is 2.58. The molecule has 1 aliphatic heterocycles. The molecule has 2 heterocycles. The first-order chi connectivity index (χ1) is 11.7. The van der Waals surface area contributed by atoms with Crippen LogP contribution in [0.5, 0.6) is 0 Å². The second kappa shape index (κ2) is 5.73. The fourth-order valence-corrected chi connectivity index (χ4v) is 2.67. The van der Waals surface area contributed by atoms with Crippen molar-refractivity contribution in [1.29, 1.82) is 0 Å². The summed E-state index contributed by atoms with van der Waals surface area (Å²) in [5.41, 5.74) is 7.43. The van der Waals surface area contributed by atoms with Gasteiger partial charge in [-0.25, -0.2) is 9.97 Å². The number of carbonyl (C=O) groups excluding carboxylic acids is 1. The van der Waals surface area contributed by atoms with Crippen molar-refractivity contribution in [1.82, 2.24) is 9.97 Å². The minimum atomic E-state index is -0.467. The maximum atomic E-state index is 11.1. The summed E-state index contributed by atoms with van der Waals surface area (Å²) in [7, 11) is 0. The number of carbonyl (C=O) groups is 1. The first kappa shape index (κ1) is 14.3. The Bertz CT molecular complexity index is 952. The van der Waals surface area contributed by atoms with Gasteiger partial charge in [-0.05, 0) is 12.1 Å². The third-order valence-electron chi connectivity index (χ3n) is 3.92. The zero-order chi connectivity index (χ0) is 16.5.